The standard InChI is InChI=1S/C7H9N3O/c8-6-2-1-3-10(4-6)5-7(9)11/h1-4H,5,8H2,(H-,9,11)/p+1. The Morgan fingerprint density at radius 1 is 1.64 bits per heavy atom. The molecule has 0 aliphatic rings. The summed E-state index contributed by atoms with van der Waals surface area (Å²) in [4.78, 5) is 10.4. The number of pyridine rings is 1. The minimum atomic E-state index is -0.374. The van der Waals surface area contributed by atoms with Gasteiger partial charge in [-0.1, -0.05) is 0 Å². The lowest BCUT2D eigenvalue weighted by molar-refractivity contribution is -0.683. The van der Waals surface area contributed by atoms with E-state index in [1.165, 1.54) is 0 Å². The summed E-state index contributed by atoms with van der Waals surface area (Å²) in [7, 11) is 0. The fourth-order valence-corrected chi connectivity index (χ4v) is 0.821. The molecule has 11 heavy (non-hydrogen) atoms. The number of nitrogen functional groups attached to an aromatic ring is 1. The zero-order chi connectivity index (χ0) is 8.27. The van der Waals surface area contributed by atoms with Gasteiger partial charge in [-0.3, -0.25) is 4.79 Å². The minimum Gasteiger partial charge on any atom is -0.394 e. The van der Waals surface area contributed by atoms with E-state index in [-0.39, 0.29) is 12.5 Å². The van der Waals surface area contributed by atoms with Crippen LogP contribution in [0.1, 0.15) is 0 Å². The molecule has 0 spiro atoms. The molecule has 4 N–H and O–H groups in total. The van der Waals surface area contributed by atoms with Crippen molar-refractivity contribution in [3.05, 3.63) is 24.5 Å². The summed E-state index contributed by atoms with van der Waals surface area (Å²) >= 11 is 0. The molecule has 0 radical (unpaired) electrons. The highest BCUT2D eigenvalue weighted by atomic mass is 16.1. The van der Waals surface area contributed by atoms with Crippen molar-refractivity contribution in [2.45, 2.75) is 6.54 Å². The molecule has 0 aromatic carbocycles. The van der Waals surface area contributed by atoms with Gasteiger partial charge in [0.15, 0.2) is 12.4 Å². The highest BCUT2D eigenvalue weighted by molar-refractivity contribution is 5.72. The van der Waals surface area contributed by atoms with Crippen LogP contribution < -0.4 is 16.0 Å². The maximum Gasteiger partial charge on any atom is 0.283 e. The number of amides is 1. The topological polar surface area (TPSA) is 73.0 Å². The van der Waals surface area contributed by atoms with Crippen molar-refractivity contribution >= 4 is 11.6 Å². The predicted octanol–water partition coefficient (Wildman–Crippen LogP) is -0.958. The van der Waals surface area contributed by atoms with E-state index in [1.54, 1.807) is 29.1 Å². The van der Waals surface area contributed by atoms with Crippen LogP contribution in [-0.4, -0.2) is 5.91 Å². The summed E-state index contributed by atoms with van der Waals surface area (Å²) in [6.45, 7) is 0.172. The van der Waals surface area contributed by atoms with E-state index in [4.69, 9.17) is 11.5 Å². The Labute approximate surface area is 64.4 Å². The number of carbonyl (C=O) groups excluding carboxylic acids is 1. The van der Waals surface area contributed by atoms with E-state index in [0.717, 1.165) is 0 Å². The predicted molar refractivity (Wildman–Crippen MR) is 40.2 cm³/mol. The molecule has 4 nitrogen and oxygen atoms in total. The second-order valence-corrected chi connectivity index (χ2v) is 2.28. The van der Waals surface area contributed by atoms with Crippen molar-refractivity contribution in [2.24, 2.45) is 5.73 Å². The Kier molecular flexibility index (Phi) is 2.06. The van der Waals surface area contributed by atoms with Crippen LogP contribution in [0, 0.1) is 0 Å². The Morgan fingerprint density at radius 2 is 2.36 bits per heavy atom. The molecule has 4 heteroatoms. The Hall–Kier alpha value is -1.58. The monoisotopic (exact) mass is 152 g/mol. The van der Waals surface area contributed by atoms with Crippen molar-refractivity contribution in [1.82, 2.24) is 0 Å². The second kappa shape index (κ2) is 3.01. The number of nitrogens with two attached hydrogens (primary N) is 2. The molecular formula is C7H10N3O+. The molecule has 1 amide bonds. The molecule has 58 valence electrons. The van der Waals surface area contributed by atoms with E-state index in [0.29, 0.717) is 5.69 Å². The summed E-state index contributed by atoms with van der Waals surface area (Å²) in [5.74, 6) is -0.374. The number of hydrogen-bond acceptors (Lipinski definition) is 2. The molecule has 1 heterocycles. The average Bonchev–Trinajstić information content (AvgIpc) is 1.85. The summed E-state index contributed by atoms with van der Waals surface area (Å²) in [5.41, 5.74) is 11.1. The van der Waals surface area contributed by atoms with Crippen LogP contribution in [0.2, 0.25) is 0 Å². The summed E-state index contributed by atoms with van der Waals surface area (Å²) in [6.07, 6.45) is 3.39. The Morgan fingerprint density at radius 3 is 2.91 bits per heavy atom. The first-order valence-corrected chi connectivity index (χ1v) is 3.21. The Bertz CT molecular complexity index is 272. The SMILES string of the molecule is NC(=O)C[n+]1cccc(N)c1. The third-order valence-corrected chi connectivity index (χ3v) is 1.22. The van der Waals surface area contributed by atoms with E-state index >= 15 is 0 Å². The van der Waals surface area contributed by atoms with Crippen LogP contribution in [-0.2, 0) is 11.3 Å². The molecule has 0 aliphatic carbocycles. The molecular weight excluding hydrogens is 142 g/mol. The molecule has 0 fully saturated rings. The van der Waals surface area contributed by atoms with Crippen molar-refractivity contribution in [3.63, 3.8) is 0 Å². The van der Waals surface area contributed by atoms with Gasteiger partial charge in [0, 0.05) is 6.07 Å². The van der Waals surface area contributed by atoms with Gasteiger partial charge >= 0.3 is 0 Å². The van der Waals surface area contributed by atoms with Gasteiger partial charge in [0.05, 0.1) is 5.69 Å². The van der Waals surface area contributed by atoms with Crippen molar-refractivity contribution in [3.8, 4) is 0 Å². The second-order valence-electron chi connectivity index (χ2n) is 2.28. The highest BCUT2D eigenvalue weighted by Gasteiger charge is 2.03. The molecule has 1 rings (SSSR count). The van der Waals surface area contributed by atoms with Crippen LogP contribution in [0.4, 0.5) is 5.69 Å². The maximum atomic E-state index is 10.4. The van der Waals surface area contributed by atoms with Gasteiger partial charge in [-0.15, -0.1) is 0 Å². The number of anilines is 1. The van der Waals surface area contributed by atoms with Gasteiger partial charge in [0.1, 0.15) is 0 Å². The maximum absolute atomic E-state index is 10.4. The molecule has 0 unspecified atom stereocenters. The quantitative estimate of drug-likeness (QED) is 0.536. The van der Waals surface area contributed by atoms with Crippen LogP contribution >= 0.6 is 0 Å². The zero-order valence-corrected chi connectivity index (χ0v) is 6.03. The number of primary amides is 1. The van der Waals surface area contributed by atoms with Gasteiger partial charge in [-0.05, 0) is 6.07 Å². The molecule has 0 saturated heterocycles. The molecule has 1 aromatic rings. The third-order valence-electron chi connectivity index (χ3n) is 1.22. The molecule has 0 saturated carbocycles. The fourth-order valence-electron chi connectivity index (χ4n) is 0.821. The van der Waals surface area contributed by atoms with Crippen LogP contribution in [0.15, 0.2) is 24.5 Å². The zero-order valence-electron chi connectivity index (χ0n) is 6.03. The van der Waals surface area contributed by atoms with Crippen LogP contribution in [0.25, 0.3) is 0 Å². The minimum absolute atomic E-state index is 0.172. The summed E-state index contributed by atoms with van der Waals surface area (Å²) < 4.78 is 1.64. The summed E-state index contributed by atoms with van der Waals surface area (Å²) in [6, 6.07) is 3.51. The lowest BCUT2D eigenvalue weighted by atomic mass is 10.4. The van der Waals surface area contributed by atoms with Gasteiger partial charge in [0.2, 0.25) is 6.54 Å². The van der Waals surface area contributed by atoms with Gasteiger partial charge in [-0.25, -0.2) is 0 Å². The van der Waals surface area contributed by atoms with E-state index in [2.05, 4.69) is 0 Å². The molecule has 1 aromatic heterocycles. The lowest BCUT2D eigenvalue weighted by Gasteiger charge is -1.92. The van der Waals surface area contributed by atoms with Crippen LogP contribution in [0.3, 0.4) is 0 Å². The largest absolute Gasteiger partial charge is 0.394 e. The third kappa shape index (κ3) is 2.25. The molecule has 0 aliphatic heterocycles. The fraction of sp³-hybridized carbons (Fsp3) is 0.143. The van der Waals surface area contributed by atoms with Crippen molar-refractivity contribution in [1.29, 1.82) is 0 Å². The normalized spacial score (nSPS) is 9.45. The van der Waals surface area contributed by atoms with Gasteiger partial charge in [-0.2, -0.15) is 4.57 Å². The Balaban J connectivity index is 2.79. The number of aromatic nitrogens is 1. The smallest absolute Gasteiger partial charge is 0.283 e. The molecule has 0 bridgehead atoms. The number of rotatable bonds is 2. The number of nitrogens with zero attached hydrogens (tertiary/aromatic N) is 1. The highest BCUT2D eigenvalue weighted by Crippen LogP contribution is 1.92. The van der Waals surface area contributed by atoms with Gasteiger partial charge in [0.25, 0.3) is 5.91 Å². The van der Waals surface area contributed by atoms with Crippen LogP contribution in [0.5, 0.6) is 0 Å². The van der Waals surface area contributed by atoms with Crippen molar-refractivity contribution < 1.29 is 9.36 Å². The first-order chi connectivity index (χ1) is 5.18. The van der Waals surface area contributed by atoms with Gasteiger partial charge < -0.3 is 11.5 Å². The first kappa shape index (κ1) is 7.53. The number of hydrogen-bond donors (Lipinski definition) is 2. The summed E-state index contributed by atoms with van der Waals surface area (Å²) in [5, 5.41) is 0. The first-order valence-electron chi connectivity index (χ1n) is 3.21. The van der Waals surface area contributed by atoms with Crippen molar-refractivity contribution in [2.75, 3.05) is 5.73 Å². The van der Waals surface area contributed by atoms with E-state index < -0.39 is 0 Å². The number of carbonyl (C=O) groups is 1. The van der Waals surface area contributed by atoms with E-state index in [1.807, 2.05) is 0 Å². The van der Waals surface area contributed by atoms with E-state index in [9.17, 15) is 4.79 Å². The lowest BCUT2D eigenvalue weighted by Crippen LogP contribution is -2.40. The molecule has 0 atom stereocenters. The average molecular weight is 152 g/mol.